The Kier molecular flexibility index (Phi) is 15.7. The van der Waals surface area contributed by atoms with Gasteiger partial charge in [0.1, 0.15) is 0 Å². The van der Waals surface area contributed by atoms with Gasteiger partial charge in [0.05, 0.1) is 12.7 Å². The van der Waals surface area contributed by atoms with E-state index in [-0.39, 0.29) is 12.8 Å². The van der Waals surface area contributed by atoms with Gasteiger partial charge in [-0.05, 0) is 25.7 Å². The Hall–Kier alpha value is -0.570. The van der Waals surface area contributed by atoms with Crippen molar-refractivity contribution in [2.24, 2.45) is 0 Å². The van der Waals surface area contributed by atoms with Crippen LogP contribution in [0.15, 0.2) is 0 Å². The van der Waals surface area contributed by atoms with Gasteiger partial charge in [-0.25, -0.2) is 0 Å². The summed E-state index contributed by atoms with van der Waals surface area (Å²) in [5.41, 5.74) is 0. The summed E-state index contributed by atoms with van der Waals surface area (Å²) < 4.78 is 99.3. The second-order valence-electron chi connectivity index (χ2n) is 9.54. The number of alkyl halides is 7. The molecule has 0 spiro atoms. The minimum Gasteiger partial charge on any atom is -0.379 e. The van der Waals surface area contributed by atoms with Gasteiger partial charge in [-0.3, -0.25) is 0 Å². The maximum Gasteiger partial charge on any atom is 0.459 e. The Morgan fingerprint density at radius 2 is 1.06 bits per heavy atom. The molecule has 0 aromatic heterocycles. The molecule has 0 aromatic carbocycles. The molecule has 9 heteroatoms. The Labute approximate surface area is 200 Å². The molecule has 1 aliphatic rings. The molecular weight excluding hydrogens is 465 g/mol. The second kappa shape index (κ2) is 17.0. The fraction of sp³-hybridized carbons (Fsp3) is 1.00. The van der Waals surface area contributed by atoms with Gasteiger partial charge < -0.3 is 9.47 Å². The first-order valence-corrected chi connectivity index (χ1v) is 13.1. The first kappa shape index (κ1) is 31.5. The van der Waals surface area contributed by atoms with Gasteiger partial charge in [0.2, 0.25) is 0 Å². The number of rotatable bonds is 21. The zero-order chi connectivity index (χ0) is 25.3. The molecule has 0 saturated carbocycles. The average Bonchev–Trinajstić information content (AvgIpc) is 3.28. The molecule has 1 rings (SSSR count). The predicted molar refractivity (Wildman–Crippen MR) is 120 cm³/mol. The lowest BCUT2D eigenvalue weighted by atomic mass is 10.0. The van der Waals surface area contributed by atoms with E-state index in [4.69, 9.17) is 9.47 Å². The molecule has 1 heterocycles. The van der Waals surface area contributed by atoms with E-state index in [1.807, 2.05) is 0 Å². The van der Waals surface area contributed by atoms with E-state index in [1.54, 1.807) is 0 Å². The molecule has 0 amide bonds. The van der Waals surface area contributed by atoms with Crippen molar-refractivity contribution in [1.82, 2.24) is 0 Å². The fourth-order valence-corrected chi connectivity index (χ4v) is 4.20. The molecule has 0 aliphatic carbocycles. The highest BCUT2D eigenvalue weighted by Gasteiger charge is 2.72. The topological polar surface area (TPSA) is 18.5 Å². The molecule has 1 saturated heterocycles. The van der Waals surface area contributed by atoms with Crippen LogP contribution < -0.4 is 0 Å². The molecule has 0 aromatic rings. The number of hydrogen-bond acceptors (Lipinski definition) is 2. The normalized spacial score (nSPS) is 17.6. The zero-order valence-corrected chi connectivity index (χ0v) is 20.4. The quantitative estimate of drug-likeness (QED) is 0.114. The number of hydrogen-bond donors (Lipinski definition) is 0. The third kappa shape index (κ3) is 12.9. The molecule has 0 radical (unpaired) electrons. The summed E-state index contributed by atoms with van der Waals surface area (Å²) in [7, 11) is 0. The van der Waals surface area contributed by atoms with Crippen LogP contribution in [-0.4, -0.2) is 43.9 Å². The van der Waals surface area contributed by atoms with Crippen LogP contribution in [0.5, 0.6) is 0 Å². The molecule has 204 valence electrons. The van der Waals surface area contributed by atoms with Crippen LogP contribution in [0.4, 0.5) is 30.7 Å². The summed E-state index contributed by atoms with van der Waals surface area (Å²) in [6.45, 7) is 2.42. The highest BCUT2D eigenvalue weighted by molar-refractivity contribution is 4.90. The van der Waals surface area contributed by atoms with Gasteiger partial charge in [-0.1, -0.05) is 83.5 Å². The lowest BCUT2D eigenvalue weighted by molar-refractivity contribution is -0.355. The van der Waals surface area contributed by atoms with Crippen molar-refractivity contribution in [1.29, 1.82) is 0 Å². The minimum absolute atomic E-state index is 0.241. The minimum atomic E-state index is -6.23. The third-order valence-corrected chi connectivity index (χ3v) is 6.42. The monoisotopic (exact) mass is 508 g/mol. The number of unbranched alkanes of at least 4 members (excludes halogenated alkanes) is 14. The van der Waals surface area contributed by atoms with E-state index in [9.17, 15) is 30.7 Å². The molecule has 0 N–H and O–H groups in total. The van der Waals surface area contributed by atoms with Crippen LogP contribution in [0.3, 0.4) is 0 Å². The van der Waals surface area contributed by atoms with Crippen LogP contribution in [0.2, 0.25) is 0 Å². The summed E-state index contributed by atoms with van der Waals surface area (Å²) in [6, 6.07) is 0. The number of ether oxygens (including phenoxy) is 2. The molecular formula is C25H43F7O2. The average molecular weight is 509 g/mol. The number of halogens is 7. The molecule has 34 heavy (non-hydrogen) atoms. The highest BCUT2D eigenvalue weighted by atomic mass is 19.4. The Bertz CT molecular complexity index is 492. The van der Waals surface area contributed by atoms with E-state index >= 15 is 0 Å². The first-order valence-electron chi connectivity index (χ1n) is 13.1. The van der Waals surface area contributed by atoms with Gasteiger partial charge in [-0.15, -0.1) is 0 Å². The van der Waals surface area contributed by atoms with Gasteiger partial charge in [-0.2, -0.15) is 30.7 Å². The second-order valence-corrected chi connectivity index (χ2v) is 9.54. The highest BCUT2D eigenvalue weighted by Crippen LogP contribution is 2.48. The molecule has 0 bridgehead atoms. The van der Waals surface area contributed by atoms with Crippen molar-refractivity contribution in [2.75, 3.05) is 19.8 Å². The van der Waals surface area contributed by atoms with E-state index in [1.165, 1.54) is 38.5 Å². The van der Waals surface area contributed by atoms with Crippen molar-refractivity contribution in [3.63, 3.8) is 0 Å². The summed E-state index contributed by atoms with van der Waals surface area (Å²) in [5, 5.41) is 0. The van der Waals surface area contributed by atoms with Crippen molar-refractivity contribution in [2.45, 2.75) is 140 Å². The van der Waals surface area contributed by atoms with Crippen LogP contribution in [0.1, 0.15) is 116 Å². The van der Waals surface area contributed by atoms with Crippen LogP contribution >= 0.6 is 0 Å². The van der Waals surface area contributed by atoms with Gasteiger partial charge in [0.25, 0.3) is 0 Å². The standard InChI is InChI=1S/C25H43F7O2/c26-23(27,24(28,29)25(30,31)32)18-14-12-10-8-6-4-2-1-3-5-7-9-11-13-15-19-33-21-22-17-16-20-34-22/h22H,1-21H2. The lowest BCUT2D eigenvalue weighted by Gasteiger charge is -2.28. The maximum absolute atomic E-state index is 13.2. The Balaban J connectivity index is 1.79. The summed E-state index contributed by atoms with van der Waals surface area (Å²) in [5.74, 6) is -11.0. The largest absolute Gasteiger partial charge is 0.459 e. The van der Waals surface area contributed by atoms with E-state index in [0.29, 0.717) is 12.5 Å². The summed E-state index contributed by atoms with van der Waals surface area (Å²) in [4.78, 5) is 0. The first-order chi connectivity index (χ1) is 16.1. The van der Waals surface area contributed by atoms with Crippen molar-refractivity contribution in [3.8, 4) is 0 Å². The summed E-state index contributed by atoms with van der Waals surface area (Å²) >= 11 is 0. The molecule has 1 atom stereocenters. The van der Waals surface area contributed by atoms with Crippen LogP contribution in [0.25, 0.3) is 0 Å². The zero-order valence-electron chi connectivity index (χ0n) is 20.4. The van der Waals surface area contributed by atoms with Crippen LogP contribution in [-0.2, 0) is 9.47 Å². The third-order valence-electron chi connectivity index (χ3n) is 6.42. The fourth-order valence-electron chi connectivity index (χ4n) is 4.20. The van der Waals surface area contributed by atoms with Gasteiger partial charge in [0, 0.05) is 19.6 Å². The van der Waals surface area contributed by atoms with Crippen molar-refractivity contribution < 1.29 is 40.2 Å². The van der Waals surface area contributed by atoms with Gasteiger partial charge in [0.15, 0.2) is 0 Å². The maximum atomic E-state index is 13.2. The van der Waals surface area contributed by atoms with E-state index in [2.05, 4.69) is 0 Å². The van der Waals surface area contributed by atoms with Crippen LogP contribution in [0, 0.1) is 0 Å². The molecule has 1 unspecified atom stereocenters. The smallest absolute Gasteiger partial charge is 0.379 e. The Morgan fingerprint density at radius 1 is 0.618 bits per heavy atom. The van der Waals surface area contributed by atoms with Crippen molar-refractivity contribution in [3.05, 3.63) is 0 Å². The van der Waals surface area contributed by atoms with Gasteiger partial charge >= 0.3 is 18.0 Å². The predicted octanol–water partition coefficient (Wildman–Crippen LogP) is 9.26. The summed E-state index contributed by atoms with van der Waals surface area (Å²) in [6.07, 6.45) is 8.89. The van der Waals surface area contributed by atoms with E-state index < -0.39 is 24.4 Å². The SMILES string of the molecule is FC(F)(F)C(F)(F)C(F)(F)CCCCCCCCCCCCCCCCCOCC1CCCO1. The molecule has 2 nitrogen and oxygen atoms in total. The Morgan fingerprint density at radius 3 is 1.47 bits per heavy atom. The molecule has 1 fully saturated rings. The van der Waals surface area contributed by atoms with E-state index in [0.717, 1.165) is 71.2 Å². The lowest BCUT2D eigenvalue weighted by Crippen LogP contribution is -2.51. The van der Waals surface area contributed by atoms with Crippen molar-refractivity contribution >= 4 is 0 Å². The molecule has 1 aliphatic heterocycles.